The number of nitrogens with one attached hydrogen (secondary N) is 1. The number of aliphatic hydroxyl groups is 1. The minimum absolute atomic E-state index is 0.500. The Bertz CT molecular complexity index is 237. The highest BCUT2D eigenvalue weighted by atomic mass is 19.4. The van der Waals surface area contributed by atoms with Gasteiger partial charge in [0.15, 0.2) is 0 Å². The molecule has 6 heteroatoms. The molecular weight excluding hydrogens is 223 g/mol. The van der Waals surface area contributed by atoms with Gasteiger partial charge < -0.3 is 10.4 Å². The molecule has 0 spiro atoms. The maximum absolute atomic E-state index is 12.0. The van der Waals surface area contributed by atoms with Crippen LogP contribution in [0.15, 0.2) is 0 Å². The van der Waals surface area contributed by atoms with E-state index in [4.69, 9.17) is 5.11 Å². The van der Waals surface area contributed by atoms with E-state index < -0.39 is 30.1 Å². The lowest BCUT2D eigenvalue weighted by molar-refractivity contribution is -0.175. The van der Waals surface area contributed by atoms with Gasteiger partial charge in [0.25, 0.3) is 0 Å². The third-order valence-corrected chi connectivity index (χ3v) is 3.20. The van der Waals surface area contributed by atoms with Crippen molar-refractivity contribution < 1.29 is 23.1 Å². The van der Waals surface area contributed by atoms with Crippen molar-refractivity contribution in [2.45, 2.75) is 45.8 Å². The number of hydrogen-bond donors (Lipinski definition) is 2. The van der Waals surface area contributed by atoms with Crippen LogP contribution in [0.25, 0.3) is 0 Å². The lowest BCUT2D eigenvalue weighted by Gasteiger charge is -2.35. The molecule has 0 fully saturated rings. The minimum atomic E-state index is -4.91. The highest BCUT2D eigenvalue weighted by molar-refractivity contribution is 5.82. The van der Waals surface area contributed by atoms with Crippen LogP contribution in [0.2, 0.25) is 0 Å². The molecule has 0 rings (SSSR count). The van der Waals surface area contributed by atoms with E-state index >= 15 is 0 Å². The van der Waals surface area contributed by atoms with Gasteiger partial charge in [-0.05, 0) is 18.3 Å². The molecule has 0 radical (unpaired) electrons. The van der Waals surface area contributed by atoms with Gasteiger partial charge in [0.05, 0.1) is 12.6 Å². The Kier molecular flexibility index (Phi) is 5.25. The molecule has 0 saturated heterocycles. The fourth-order valence-corrected chi connectivity index (χ4v) is 1.42. The molecule has 1 unspecified atom stereocenters. The first kappa shape index (κ1) is 15.2. The molecule has 0 aromatic heterocycles. The quantitative estimate of drug-likeness (QED) is 0.771. The van der Waals surface area contributed by atoms with E-state index in [1.165, 1.54) is 0 Å². The van der Waals surface area contributed by atoms with Crippen LogP contribution in [0.4, 0.5) is 13.2 Å². The average molecular weight is 241 g/mol. The first-order valence-electron chi connectivity index (χ1n) is 5.19. The highest BCUT2D eigenvalue weighted by Gasteiger charge is 2.42. The fraction of sp³-hybridized carbons (Fsp3) is 0.900. The first-order chi connectivity index (χ1) is 7.21. The van der Waals surface area contributed by atoms with Crippen LogP contribution in [0.5, 0.6) is 0 Å². The fourth-order valence-electron chi connectivity index (χ4n) is 1.42. The summed E-state index contributed by atoms with van der Waals surface area (Å²) in [5.41, 5.74) is -0.532. The number of amides is 1. The lowest BCUT2D eigenvalue weighted by Crippen LogP contribution is -2.52. The molecule has 2 N–H and O–H groups in total. The largest absolute Gasteiger partial charge is 0.471 e. The molecule has 0 aliphatic heterocycles. The molecule has 0 saturated carbocycles. The van der Waals surface area contributed by atoms with Crippen molar-refractivity contribution in [3.05, 3.63) is 0 Å². The second-order valence-electron chi connectivity index (χ2n) is 4.07. The molecule has 0 heterocycles. The van der Waals surface area contributed by atoms with E-state index in [0.717, 1.165) is 0 Å². The Morgan fingerprint density at radius 3 is 2.00 bits per heavy atom. The van der Waals surface area contributed by atoms with E-state index in [9.17, 15) is 18.0 Å². The summed E-state index contributed by atoms with van der Waals surface area (Å²) < 4.78 is 36.1. The minimum Gasteiger partial charge on any atom is -0.394 e. The Morgan fingerprint density at radius 1 is 1.31 bits per heavy atom. The second-order valence-corrected chi connectivity index (χ2v) is 4.07. The van der Waals surface area contributed by atoms with Crippen LogP contribution in [0.1, 0.15) is 33.6 Å². The predicted octanol–water partition coefficient (Wildman–Crippen LogP) is 1.85. The summed E-state index contributed by atoms with van der Waals surface area (Å²) in [5.74, 6) is -2.00. The zero-order chi connectivity index (χ0) is 13.0. The molecule has 0 aromatic carbocycles. The monoisotopic (exact) mass is 241 g/mol. The van der Waals surface area contributed by atoms with Gasteiger partial charge in [-0.25, -0.2) is 0 Å². The molecule has 0 aliphatic carbocycles. The highest BCUT2D eigenvalue weighted by Crippen LogP contribution is 2.30. The van der Waals surface area contributed by atoms with Gasteiger partial charge in [-0.15, -0.1) is 0 Å². The molecule has 0 aromatic rings. The van der Waals surface area contributed by atoms with Gasteiger partial charge in [-0.3, -0.25) is 4.79 Å². The average Bonchev–Trinajstić information content (AvgIpc) is 2.23. The number of alkyl halides is 3. The van der Waals surface area contributed by atoms with Crippen molar-refractivity contribution in [1.82, 2.24) is 5.32 Å². The van der Waals surface area contributed by atoms with Crippen molar-refractivity contribution in [1.29, 1.82) is 0 Å². The zero-order valence-electron chi connectivity index (χ0n) is 9.69. The van der Waals surface area contributed by atoms with Crippen LogP contribution >= 0.6 is 0 Å². The normalized spacial score (nSPS) is 14.7. The van der Waals surface area contributed by atoms with Crippen molar-refractivity contribution in [2.75, 3.05) is 6.61 Å². The van der Waals surface area contributed by atoms with Crippen molar-refractivity contribution >= 4 is 5.91 Å². The predicted molar refractivity (Wildman–Crippen MR) is 53.8 cm³/mol. The number of carbonyl (C=O) groups is 1. The zero-order valence-corrected chi connectivity index (χ0v) is 9.69. The third kappa shape index (κ3) is 3.66. The van der Waals surface area contributed by atoms with E-state index in [2.05, 4.69) is 0 Å². The second kappa shape index (κ2) is 5.52. The maximum Gasteiger partial charge on any atom is 0.471 e. The van der Waals surface area contributed by atoms with Crippen molar-refractivity contribution in [3.63, 3.8) is 0 Å². The van der Waals surface area contributed by atoms with E-state index in [0.29, 0.717) is 12.8 Å². The molecule has 1 amide bonds. The summed E-state index contributed by atoms with van der Waals surface area (Å²) in [5, 5.41) is 10.9. The van der Waals surface area contributed by atoms with Crippen LogP contribution < -0.4 is 5.32 Å². The SMILES string of the molecule is CCC(C)(CC)C(CO)NC(=O)C(F)(F)F. The molecule has 16 heavy (non-hydrogen) atoms. The summed E-state index contributed by atoms with van der Waals surface area (Å²) in [6.07, 6.45) is -3.75. The van der Waals surface area contributed by atoms with Crippen LogP contribution in [0.3, 0.4) is 0 Å². The van der Waals surface area contributed by atoms with Crippen molar-refractivity contribution in [2.24, 2.45) is 5.41 Å². The molecule has 96 valence electrons. The summed E-state index contributed by atoms with van der Waals surface area (Å²) in [4.78, 5) is 10.8. The van der Waals surface area contributed by atoms with E-state index in [1.54, 1.807) is 6.92 Å². The Hall–Kier alpha value is -0.780. The number of hydrogen-bond acceptors (Lipinski definition) is 2. The topological polar surface area (TPSA) is 49.3 Å². The third-order valence-electron chi connectivity index (χ3n) is 3.20. The summed E-state index contributed by atoms with van der Waals surface area (Å²) >= 11 is 0. The number of rotatable bonds is 5. The molecule has 3 nitrogen and oxygen atoms in total. The van der Waals surface area contributed by atoms with Crippen LogP contribution in [-0.4, -0.2) is 29.8 Å². The number of aliphatic hydroxyl groups excluding tert-OH is 1. The summed E-state index contributed by atoms with van der Waals surface area (Å²) in [6.45, 7) is 4.86. The Labute approximate surface area is 93.0 Å². The van der Waals surface area contributed by atoms with Gasteiger partial charge >= 0.3 is 12.1 Å². The Balaban J connectivity index is 4.71. The number of halogens is 3. The maximum atomic E-state index is 12.0. The Morgan fingerprint density at radius 2 is 1.75 bits per heavy atom. The van der Waals surface area contributed by atoms with Gasteiger partial charge in [-0.1, -0.05) is 20.8 Å². The van der Waals surface area contributed by atoms with Gasteiger partial charge in [-0.2, -0.15) is 13.2 Å². The molecule has 0 aliphatic rings. The molecule has 1 atom stereocenters. The lowest BCUT2D eigenvalue weighted by atomic mass is 9.77. The van der Waals surface area contributed by atoms with E-state index in [1.807, 2.05) is 19.2 Å². The molecule has 0 bridgehead atoms. The first-order valence-corrected chi connectivity index (χ1v) is 5.19. The summed E-state index contributed by atoms with van der Waals surface area (Å²) in [7, 11) is 0. The van der Waals surface area contributed by atoms with Gasteiger partial charge in [0.2, 0.25) is 0 Å². The van der Waals surface area contributed by atoms with Gasteiger partial charge in [0.1, 0.15) is 0 Å². The van der Waals surface area contributed by atoms with E-state index in [-0.39, 0.29) is 0 Å². The van der Waals surface area contributed by atoms with Crippen LogP contribution in [0, 0.1) is 5.41 Å². The van der Waals surface area contributed by atoms with Crippen LogP contribution in [-0.2, 0) is 4.79 Å². The number of carbonyl (C=O) groups excluding carboxylic acids is 1. The smallest absolute Gasteiger partial charge is 0.394 e. The molecular formula is C10H18F3NO2. The standard InChI is InChI=1S/C10H18F3NO2/c1-4-9(3,5-2)7(6-15)14-8(16)10(11,12)13/h7,15H,4-6H2,1-3H3,(H,14,16). The van der Waals surface area contributed by atoms with Crippen molar-refractivity contribution in [3.8, 4) is 0 Å². The van der Waals surface area contributed by atoms with Gasteiger partial charge in [0, 0.05) is 0 Å². The summed E-state index contributed by atoms with van der Waals surface area (Å²) in [6, 6.07) is -0.878.